The summed E-state index contributed by atoms with van der Waals surface area (Å²) >= 11 is 6.01. The van der Waals surface area contributed by atoms with E-state index in [0.717, 1.165) is 39.4 Å². The number of sulfonamides is 1. The lowest BCUT2D eigenvalue weighted by molar-refractivity contribution is -0.148. The third kappa shape index (κ3) is 9.76. The Bertz CT molecular complexity index is 1930. The average Bonchev–Trinajstić information content (AvgIpc) is 3.15. The molecule has 1 amide bonds. The summed E-state index contributed by atoms with van der Waals surface area (Å²) < 4.78 is 72.3. The van der Waals surface area contributed by atoms with E-state index in [9.17, 15) is 26.4 Å². The second-order valence-electron chi connectivity index (χ2n) is 12.3. The Kier molecular flexibility index (Phi) is 12.8. The van der Waals surface area contributed by atoms with Gasteiger partial charge in [-0.2, -0.15) is 13.2 Å². The molecule has 0 spiro atoms. The minimum atomic E-state index is -4.48. The van der Waals surface area contributed by atoms with Crippen molar-refractivity contribution in [1.82, 2.24) is 10.4 Å². The smallest absolute Gasteiger partial charge is 0.416 e. The fourth-order valence-electron chi connectivity index (χ4n) is 5.90. The number of nitrogens with one attached hydrogen (secondary N) is 1. The first-order valence-electron chi connectivity index (χ1n) is 16.7. The number of hydrogen-bond acceptors (Lipinski definition) is 6. The van der Waals surface area contributed by atoms with Crippen molar-refractivity contribution >= 4 is 33.2 Å². The maximum absolute atomic E-state index is 14.3. The van der Waals surface area contributed by atoms with Crippen LogP contribution >= 0.6 is 11.6 Å². The van der Waals surface area contributed by atoms with Crippen molar-refractivity contribution < 1.29 is 36.0 Å². The van der Waals surface area contributed by atoms with E-state index in [-0.39, 0.29) is 23.7 Å². The molecule has 0 aliphatic carbocycles. The van der Waals surface area contributed by atoms with Gasteiger partial charge in [-0.3, -0.25) is 18.8 Å². The van der Waals surface area contributed by atoms with Crippen molar-refractivity contribution in [2.75, 3.05) is 36.6 Å². The number of amides is 1. The highest BCUT2D eigenvalue weighted by Gasteiger charge is 2.40. The summed E-state index contributed by atoms with van der Waals surface area (Å²) in [7, 11) is -2.25. The van der Waals surface area contributed by atoms with Gasteiger partial charge in [0.1, 0.15) is 17.5 Å². The summed E-state index contributed by atoms with van der Waals surface area (Å²) in [5.74, 6) is 0.166. The number of nitrogens with zero attached hydrogens (tertiary/aromatic N) is 2. The van der Waals surface area contributed by atoms with Crippen LogP contribution in [-0.2, 0) is 31.4 Å². The zero-order valence-electron chi connectivity index (χ0n) is 29.0. The molecule has 1 N–H and O–H groups in total. The van der Waals surface area contributed by atoms with E-state index in [1.54, 1.807) is 11.9 Å². The molecule has 0 fully saturated rings. The molecule has 0 aliphatic rings. The Labute approximate surface area is 312 Å². The lowest BCUT2D eigenvalue weighted by Crippen LogP contribution is -2.54. The number of hydrogen-bond donors (Lipinski definition) is 1. The number of benzene rings is 5. The normalized spacial score (nSPS) is 12.7. The van der Waals surface area contributed by atoms with Gasteiger partial charge < -0.3 is 4.74 Å². The Hall–Kier alpha value is -4.88. The minimum absolute atomic E-state index is 0.168. The fraction of sp³-hybridized carbons (Fsp3) is 0.225. The van der Waals surface area contributed by atoms with E-state index >= 15 is 0 Å². The van der Waals surface area contributed by atoms with Gasteiger partial charge in [-0.25, -0.2) is 13.9 Å². The van der Waals surface area contributed by atoms with Crippen LogP contribution in [0.15, 0.2) is 140 Å². The van der Waals surface area contributed by atoms with Crippen LogP contribution in [-0.4, -0.2) is 57.5 Å². The molecule has 0 saturated heterocycles. The Morgan fingerprint density at radius 3 is 1.60 bits per heavy atom. The number of carbonyl (C=O) groups excluding carboxylic acids is 1. The maximum Gasteiger partial charge on any atom is 0.416 e. The number of ether oxygens (including phenoxy) is 1. The van der Waals surface area contributed by atoms with Crippen LogP contribution in [0, 0.1) is 0 Å². The quantitative estimate of drug-likeness (QED) is 0.0619. The first kappa shape index (κ1) is 39.3. The number of likely N-dealkylation sites (N-methyl/N-ethyl adjacent to an activating group) is 1. The highest BCUT2D eigenvalue weighted by molar-refractivity contribution is 7.92. The second kappa shape index (κ2) is 17.3. The third-order valence-electron chi connectivity index (χ3n) is 8.61. The van der Waals surface area contributed by atoms with Gasteiger partial charge in [-0.15, -0.1) is 11.6 Å². The number of anilines is 1. The largest absolute Gasteiger partial charge is 0.457 e. The van der Waals surface area contributed by atoms with Crippen LogP contribution in [0.25, 0.3) is 0 Å². The summed E-state index contributed by atoms with van der Waals surface area (Å²) in [6, 6.07) is 37.6. The molecule has 53 heavy (non-hydrogen) atoms. The molecular formula is C40H39ClF3N3O5S. The van der Waals surface area contributed by atoms with Gasteiger partial charge in [0.2, 0.25) is 10.0 Å². The van der Waals surface area contributed by atoms with Gasteiger partial charge in [-0.05, 0) is 85.2 Å². The van der Waals surface area contributed by atoms with Crippen LogP contribution < -0.4 is 14.5 Å². The van der Waals surface area contributed by atoms with Crippen LogP contribution in [0.5, 0.6) is 11.5 Å². The monoisotopic (exact) mass is 765 g/mol. The number of alkyl halides is 4. The Morgan fingerprint density at radius 1 is 0.736 bits per heavy atom. The molecule has 8 nitrogen and oxygen atoms in total. The molecule has 5 aromatic rings. The predicted octanol–water partition coefficient (Wildman–Crippen LogP) is 8.23. The van der Waals surface area contributed by atoms with Crippen molar-refractivity contribution in [3.8, 4) is 11.5 Å². The van der Waals surface area contributed by atoms with Crippen LogP contribution in [0.3, 0.4) is 0 Å². The van der Waals surface area contributed by atoms with Crippen molar-refractivity contribution in [1.29, 1.82) is 0 Å². The molecule has 1 atom stereocenters. The van der Waals surface area contributed by atoms with E-state index in [1.165, 1.54) is 36.4 Å². The number of hydroxylamine groups is 1. The van der Waals surface area contributed by atoms with E-state index in [1.807, 2.05) is 91.0 Å². The molecule has 0 aliphatic heterocycles. The summed E-state index contributed by atoms with van der Waals surface area (Å²) in [6.07, 6.45) is -2.92. The SMILES string of the molecule is CN(CCCCl)[C@@H](CN(c1ccc(Oc2ccc(C(F)(F)F)cc2)cc1)S(C)(=O)=O)C(=O)NOC(c1ccccc1)(c1ccccc1)c1ccccc1. The highest BCUT2D eigenvalue weighted by atomic mass is 35.5. The Morgan fingerprint density at radius 2 is 1.19 bits per heavy atom. The highest BCUT2D eigenvalue weighted by Crippen LogP contribution is 2.40. The molecule has 0 aromatic heterocycles. The topological polar surface area (TPSA) is 88.2 Å². The van der Waals surface area contributed by atoms with Gasteiger partial charge >= 0.3 is 6.18 Å². The maximum atomic E-state index is 14.3. The van der Waals surface area contributed by atoms with Gasteiger partial charge in [0.25, 0.3) is 5.91 Å². The minimum Gasteiger partial charge on any atom is -0.457 e. The average molecular weight is 766 g/mol. The van der Waals surface area contributed by atoms with Gasteiger partial charge in [0, 0.05) is 5.88 Å². The third-order valence-corrected chi connectivity index (χ3v) is 10.0. The molecule has 5 aromatic carbocycles. The van der Waals surface area contributed by atoms with Gasteiger partial charge in [-0.1, -0.05) is 91.0 Å². The number of rotatable bonds is 16. The van der Waals surface area contributed by atoms with Crippen LogP contribution in [0.4, 0.5) is 18.9 Å². The molecule has 5 rings (SSSR count). The summed E-state index contributed by atoms with van der Waals surface area (Å²) in [6.45, 7) is 0.0845. The summed E-state index contributed by atoms with van der Waals surface area (Å²) in [5, 5.41) is 0. The van der Waals surface area contributed by atoms with Crippen molar-refractivity contribution in [2.24, 2.45) is 0 Å². The number of halogens is 4. The van der Waals surface area contributed by atoms with Crippen LogP contribution in [0.1, 0.15) is 28.7 Å². The molecule has 0 unspecified atom stereocenters. The molecular weight excluding hydrogens is 727 g/mol. The predicted molar refractivity (Wildman–Crippen MR) is 200 cm³/mol. The van der Waals surface area contributed by atoms with E-state index in [2.05, 4.69) is 5.48 Å². The fourth-order valence-corrected chi connectivity index (χ4v) is 6.93. The van der Waals surface area contributed by atoms with Crippen molar-refractivity contribution in [3.05, 3.63) is 162 Å². The first-order valence-corrected chi connectivity index (χ1v) is 19.0. The van der Waals surface area contributed by atoms with Crippen molar-refractivity contribution in [2.45, 2.75) is 24.2 Å². The molecule has 0 heterocycles. The second-order valence-corrected chi connectivity index (χ2v) is 14.6. The van der Waals surface area contributed by atoms with E-state index < -0.39 is 39.3 Å². The van der Waals surface area contributed by atoms with E-state index in [0.29, 0.717) is 18.8 Å². The zero-order chi connectivity index (χ0) is 38.1. The summed E-state index contributed by atoms with van der Waals surface area (Å²) in [5.41, 5.74) is 3.11. The molecule has 13 heteroatoms. The molecule has 0 radical (unpaired) electrons. The van der Waals surface area contributed by atoms with Crippen molar-refractivity contribution in [3.63, 3.8) is 0 Å². The lowest BCUT2D eigenvalue weighted by atomic mass is 9.80. The lowest BCUT2D eigenvalue weighted by Gasteiger charge is -2.37. The van der Waals surface area contributed by atoms with Crippen LogP contribution in [0.2, 0.25) is 0 Å². The standard InChI is InChI=1S/C40H39ClF3N3O5S/c1-46(28-12-27-41)37(29-47(53(2,49)50)34-21-25-36(26-22-34)51-35-23-19-33(20-24-35)40(42,43)44)38(48)45-52-39(30-13-6-3-7-14-30,31-15-8-4-9-16-31)32-17-10-5-11-18-32/h3-11,13-26,37H,12,27-29H2,1-2H3,(H,45,48)/t37-/m0/s1. The van der Waals surface area contributed by atoms with E-state index in [4.69, 9.17) is 21.2 Å². The molecule has 278 valence electrons. The molecule has 0 saturated carbocycles. The van der Waals surface area contributed by atoms with Gasteiger partial charge in [0.05, 0.1) is 24.1 Å². The van der Waals surface area contributed by atoms with Gasteiger partial charge in [0.15, 0.2) is 5.60 Å². The molecule has 0 bridgehead atoms. The summed E-state index contributed by atoms with van der Waals surface area (Å²) in [4.78, 5) is 22.6. The first-order chi connectivity index (χ1) is 25.3. The zero-order valence-corrected chi connectivity index (χ0v) is 30.6. The Balaban J connectivity index is 1.44. The number of carbonyl (C=O) groups is 1.